The molecular weight excluding hydrogens is 260 g/mol. The van der Waals surface area contributed by atoms with Crippen molar-refractivity contribution in [1.29, 1.82) is 0 Å². The maximum Gasteiger partial charge on any atom is 0.273 e. The lowest BCUT2D eigenvalue weighted by Gasteiger charge is -2.16. The van der Waals surface area contributed by atoms with Gasteiger partial charge in [-0.05, 0) is 23.8 Å². The monoisotopic (exact) mass is 274 g/mol. The van der Waals surface area contributed by atoms with E-state index in [9.17, 15) is 4.79 Å². The van der Waals surface area contributed by atoms with Crippen LogP contribution in [0.3, 0.4) is 0 Å². The van der Waals surface area contributed by atoms with Gasteiger partial charge in [-0.1, -0.05) is 24.3 Å². The molecule has 4 heteroatoms. The molecule has 1 aliphatic rings. The number of nitrogens with zero attached hydrogens (tertiary/aromatic N) is 2. The van der Waals surface area contributed by atoms with E-state index in [1.54, 1.807) is 6.20 Å². The third-order valence-electron chi connectivity index (χ3n) is 3.67. The third-order valence-corrected chi connectivity index (χ3v) is 4.10. The van der Waals surface area contributed by atoms with Gasteiger partial charge in [0.25, 0.3) is 5.91 Å². The summed E-state index contributed by atoms with van der Waals surface area (Å²) in [6.07, 6.45) is 2.69. The maximum atomic E-state index is 12.5. The highest BCUT2D eigenvalue weighted by molar-refractivity contribution is 6.18. The van der Waals surface area contributed by atoms with Crippen LogP contribution in [0.25, 0.3) is 10.8 Å². The molecule has 1 aliphatic heterocycles. The van der Waals surface area contributed by atoms with Crippen LogP contribution in [0.4, 0.5) is 0 Å². The Kier molecular flexibility index (Phi) is 3.38. The van der Waals surface area contributed by atoms with E-state index in [0.29, 0.717) is 17.5 Å². The van der Waals surface area contributed by atoms with E-state index in [2.05, 4.69) is 4.98 Å². The van der Waals surface area contributed by atoms with Gasteiger partial charge in [0.2, 0.25) is 0 Å². The second-order valence-corrected chi connectivity index (χ2v) is 5.25. The van der Waals surface area contributed by atoms with E-state index in [0.717, 1.165) is 30.3 Å². The van der Waals surface area contributed by atoms with Crippen molar-refractivity contribution in [3.8, 4) is 0 Å². The van der Waals surface area contributed by atoms with Gasteiger partial charge in [0.05, 0.1) is 0 Å². The van der Waals surface area contributed by atoms with Gasteiger partial charge in [0.1, 0.15) is 5.69 Å². The van der Waals surface area contributed by atoms with Gasteiger partial charge in [-0.3, -0.25) is 9.78 Å². The van der Waals surface area contributed by atoms with Crippen LogP contribution in [-0.2, 0) is 0 Å². The fourth-order valence-electron chi connectivity index (χ4n) is 2.58. The summed E-state index contributed by atoms with van der Waals surface area (Å²) in [5.74, 6) is 1.05. The molecule has 0 saturated carbocycles. The highest BCUT2D eigenvalue weighted by Crippen LogP contribution is 2.22. The van der Waals surface area contributed by atoms with Gasteiger partial charge in [-0.25, -0.2) is 0 Å². The van der Waals surface area contributed by atoms with E-state index in [-0.39, 0.29) is 5.91 Å². The predicted molar refractivity (Wildman–Crippen MR) is 76.5 cm³/mol. The Morgan fingerprint density at radius 3 is 3.00 bits per heavy atom. The van der Waals surface area contributed by atoms with Crippen LogP contribution in [0.5, 0.6) is 0 Å². The number of benzene rings is 1. The van der Waals surface area contributed by atoms with Gasteiger partial charge >= 0.3 is 0 Å². The van der Waals surface area contributed by atoms with Crippen molar-refractivity contribution in [2.24, 2.45) is 5.92 Å². The number of alkyl halides is 1. The number of carbonyl (C=O) groups excluding carboxylic acids is 1. The summed E-state index contributed by atoms with van der Waals surface area (Å²) in [5.41, 5.74) is 0.549. The number of amides is 1. The smallest absolute Gasteiger partial charge is 0.273 e. The molecule has 1 saturated heterocycles. The van der Waals surface area contributed by atoms with Crippen LogP contribution in [0.1, 0.15) is 16.9 Å². The van der Waals surface area contributed by atoms with Crippen molar-refractivity contribution in [3.05, 3.63) is 42.2 Å². The van der Waals surface area contributed by atoms with Crippen LogP contribution >= 0.6 is 11.6 Å². The first-order valence-electron chi connectivity index (χ1n) is 6.48. The van der Waals surface area contributed by atoms with Crippen molar-refractivity contribution in [3.63, 3.8) is 0 Å². The van der Waals surface area contributed by atoms with Crippen LogP contribution in [0.2, 0.25) is 0 Å². The Morgan fingerprint density at radius 1 is 1.37 bits per heavy atom. The van der Waals surface area contributed by atoms with Crippen molar-refractivity contribution in [2.45, 2.75) is 6.42 Å². The molecule has 0 aliphatic carbocycles. The average Bonchev–Trinajstić information content (AvgIpc) is 2.95. The molecule has 3 rings (SSSR count). The Hall–Kier alpha value is -1.61. The van der Waals surface area contributed by atoms with Crippen LogP contribution in [0, 0.1) is 5.92 Å². The number of aromatic nitrogens is 1. The molecule has 1 aromatic carbocycles. The maximum absolute atomic E-state index is 12.5. The molecule has 1 fully saturated rings. The van der Waals surface area contributed by atoms with Gasteiger partial charge < -0.3 is 4.90 Å². The minimum atomic E-state index is 0.0180. The first-order chi connectivity index (χ1) is 9.29. The molecular formula is C15H15ClN2O. The van der Waals surface area contributed by atoms with E-state index < -0.39 is 0 Å². The molecule has 0 N–H and O–H groups in total. The first kappa shape index (κ1) is 12.4. The summed E-state index contributed by atoms with van der Waals surface area (Å²) in [6, 6.07) is 9.78. The van der Waals surface area contributed by atoms with E-state index in [1.807, 2.05) is 35.2 Å². The zero-order valence-corrected chi connectivity index (χ0v) is 11.3. The summed E-state index contributed by atoms with van der Waals surface area (Å²) in [6.45, 7) is 1.52. The number of hydrogen-bond acceptors (Lipinski definition) is 2. The molecule has 2 aromatic rings. The number of hydrogen-bond donors (Lipinski definition) is 0. The van der Waals surface area contributed by atoms with Crippen LogP contribution in [-0.4, -0.2) is 34.8 Å². The molecule has 1 amide bonds. The zero-order valence-electron chi connectivity index (χ0n) is 10.6. The molecule has 1 aromatic heterocycles. The predicted octanol–water partition coefficient (Wildman–Crippen LogP) is 2.94. The van der Waals surface area contributed by atoms with Gasteiger partial charge in [-0.15, -0.1) is 11.6 Å². The minimum absolute atomic E-state index is 0.0180. The third kappa shape index (κ3) is 2.30. The highest BCUT2D eigenvalue weighted by Gasteiger charge is 2.27. The van der Waals surface area contributed by atoms with E-state index >= 15 is 0 Å². The first-order valence-corrected chi connectivity index (χ1v) is 7.02. The molecule has 98 valence electrons. The topological polar surface area (TPSA) is 33.2 Å². The lowest BCUT2D eigenvalue weighted by Crippen LogP contribution is -2.29. The fourth-order valence-corrected chi connectivity index (χ4v) is 2.83. The normalized spacial score (nSPS) is 19.0. The van der Waals surface area contributed by atoms with E-state index in [1.165, 1.54) is 0 Å². The van der Waals surface area contributed by atoms with Gasteiger partial charge in [0, 0.05) is 30.6 Å². The quantitative estimate of drug-likeness (QED) is 0.789. The summed E-state index contributed by atoms with van der Waals surface area (Å²) >= 11 is 5.87. The molecule has 2 heterocycles. The van der Waals surface area contributed by atoms with Gasteiger partial charge in [-0.2, -0.15) is 0 Å². The standard InChI is InChI=1S/C15H15ClN2O/c16-9-11-6-8-18(10-11)15(19)14-13-4-2-1-3-12(13)5-7-17-14/h1-5,7,11H,6,8-10H2. The zero-order chi connectivity index (χ0) is 13.2. The summed E-state index contributed by atoms with van der Waals surface area (Å²) in [4.78, 5) is 18.7. The van der Waals surface area contributed by atoms with Crippen molar-refractivity contribution >= 4 is 28.3 Å². The summed E-state index contributed by atoms with van der Waals surface area (Å²) in [7, 11) is 0. The molecule has 0 radical (unpaired) electrons. The Morgan fingerprint density at radius 2 is 2.21 bits per heavy atom. The number of halogens is 1. The minimum Gasteiger partial charge on any atom is -0.337 e. The fraction of sp³-hybridized carbons (Fsp3) is 0.333. The Balaban J connectivity index is 1.94. The van der Waals surface area contributed by atoms with Crippen molar-refractivity contribution in [1.82, 2.24) is 9.88 Å². The molecule has 1 unspecified atom stereocenters. The summed E-state index contributed by atoms with van der Waals surface area (Å²) < 4.78 is 0. The van der Waals surface area contributed by atoms with Crippen molar-refractivity contribution in [2.75, 3.05) is 19.0 Å². The number of likely N-dealkylation sites (tertiary alicyclic amines) is 1. The molecule has 0 bridgehead atoms. The lowest BCUT2D eigenvalue weighted by atomic mass is 10.1. The highest BCUT2D eigenvalue weighted by atomic mass is 35.5. The van der Waals surface area contributed by atoms with Crippen molar-refractivity contribution < 1.29 is 4.79 Å². The number of carbonyl (C=O) groups is 1. The van der Waals surface area contributed by atoms with E-state index in [4.69, 9.17) is 11.6 Å². The molecule has 19 heavy (non-hydrogen) atoms. The van der Waals surface area contributed by atoms with Crippen LogP contribution < -0.4 is 0 Å². The number of pyridine rings is 1. The van der Waals surface area contributed by atoms with Gasteiger partial charge in [0.15, 0.2) is 0 Å². The second kappa shape index (κ2) is 5.17. The molecule has 0 spiro atoms. The Bertz CT molecular complexity index is 609. The number of rotatable bonds is 2. The second-order valence-electron chi connectivity index (χ2n) is 4.94. The molecule has 1 atom stereocenters. The Labute approximate surface area is 117 Å². The number of fused-ring (bicyclic) bond motifs is 1. The lowest BCUT2D eigenvalue weighted by molar-refractivity contribution is 0.0784. The SMILES string of the molecule is O=C(c1nccc2ccccc12)N1CCC(CCl)C1. The molecule has 3 nitrogen and oxygen atoms in total. The summed E-state index contributed by atoms with van der Waals surface area (Å²) in [5, 5.41) is 1.97. The van der Waals surface area contributed by atoms with Crippen LogP contribution in [0.15, 0.2) is 36.5 Å². The largest absolute Gasteiger partial charge is 0.337 e. The average molecular weight is 275 g/mol.